The number of anilines is 1. The van der Waals surface area contributed by atoms with Gasteiger partial charge in [0.1, 0.15) is 0 Å². The molecule has 0 saturated heterocycles. The summed E-state index contributed by atoms with van der Waals surface area (Å²) in [5.41, 5.74) is 7.32. The molecular formula is C12H16ClNO. The van der Waals surface area contributed by atoms with Gasteiger partial charge in [0.05, 0.1) is 6.61 Å². The lowest BCUT2D eigenvalue weighted by molar-refractivity contribution is 0.115. The van der Waals surface area contributed by atoms with E-state index in [2.05, 4.69) is 0 Å². The first-order chi connectivity index (χ1) is 7.25. The van der Waals surface area contributed by atoms with E-state index in [-0.39, 0.29) is 0 Å². The quantitative estimate of drug-likeness (QED) is 0.617. The molecule has 0 aromatic heterocycles. The Morgan fingerprint density at radius 2 is 2.20 bits per heavy atom. The molecular weight excluding hydrogens is 210 g/mol. The predicted octanol–water partition coefficient (Wildman–Crippen LogP) is 3.24. The molecule has 0 radical (unpaired) electrons. The summed E-state index contributed by atoms with van der Waals surface area (Å²) in [4.78, 5) is 0. The molecule has 0 amide bonds. The molecule has 1 aromatic rings. The van der Waals surface area contributed by atoms with E-state index in [1.54, 1.807) is 6.07 Å². The zero-order valence-corrected chi connectivity index (χ0v) is 9.46. The Balaban J connectivity index is 1.76. The number of hydrogen-bond acceptors (Lipinski definition) is 2. The van der Waals surface area contributed by atoms with Crippen molar-refractivity contribution in [3.05, 3.63) is 28.8 Å². The molecule has 15 heavy (non-hydrogen) atoms. The molecule has 0 atom stereocenters. The minimum atomic E-state index is 0.589. The number of nitrogen functional groups attached to an aromatic ring is 1. The molecule has 0 spiro atoms. The summed E-state index contributed by atoms with van der Waals surface area (Å²) in [6.07, 6.45) is 3.95. The lowest BCUT2D eigenvalue weighted by Crippen LogP contribution is -1.97. The number of hydrogen-bond donors (Lipinski definition) is 1. The fraction of sp³-hybridized carbons (Fsp3) is 0.500. The van der Waals surface area contributed by atoms with Crippen molar-refractivity contribution in [3.8, 4) is 0 Å². The highest BCUT2D eigenvalue weighted by atomic mass is 35.5. The van der Waals surface area contributed by atoms with Crippen LogP contribution in [0.15, 0.2) is 18.2 Å². The third kappa shape index (κ3) is 3.40. The molecule has 3 heteroatoms. The van der Waals surface area contributed by atoms with Crippen LogP contribution in [0.25, 0.3) is 0 Å². The second-order valence-corrected chi connectivity index (χ2v) is 4.54. The van der Waals surface area contributed by atoms with Crippen molar-refractivity contribution in [2.45, 2.75) is 25.9 Å². The molecule has 0 bridgehead atoms. The van der Waals surface area contributed by atoms with Gasteiger partial charge in [-0.15, -0.1) is 0 Å². The third-order valence-corrected chi connectivity index (χ3v) is 3.05. The lowest BCUT2D eigenvalue weighted by atomic mass is 10.2. The molecule has 1 aliphatic carbocycles. The highest BCUT2D eigenvalue weighted by Gasteiger charge is 2.20. The molecule has 0 unspecified atom stereocenters. The topological polar surface area (TPSA) is 35.2 Å². The third-order valence-electron chi connectivity index (χ3n) is 2.70. The van der Waals surface area contributed by atoms with Gasteiger partial charge in [0, 0.05) is 17.3 Å². The summed E-state index contributed by atoms with van der Waals surface area (Å²) in [6.45, 7) is 1.43. The van der Waals surface area contributed by atoms with Crippen LogP contribution < -0.4 is 5.73 Å². The summed E-state index contributed by atoms with van der Waals surface area (Å²) < 4.78 is 5.57. The van der Waals surface area contributed by atoms with Crippen molar-refractivity contribution in [3.63, 3.8) is 0 Å². The molecule has 1 aliphatic rings. The summed E-state index contributed by atoms with van der Waals surface area (Å²) in [5.74, 6) is 0.923. The van der Waals surface area contributed by atoms with Crippen LogP contribution in [0, 0.1) is 5.92 Å². The first-order valence-electron chi connectivity index (χ1n) is 5.37. The first-order valence-corrected chi connectivity index (χ1v) is 5.75. The average Bonchev–Trinajstić information content (AvgIpc) is 2.99. The minimum Gasteiger partial charge on any atom is -0.399 e. The molecule has 82 valence electrons. The lowest BCUT2D eigenvalue weighted by Gasteiger charge is -2.06. The van der Waals surface area contributed by atoms with Crippen molar-refractivity contribution in [1.82, 2.24) is 0 Å². The Hall–Kier alpha value is -0.730. The fourth-order valence-electron chi connectivity index (χ4n) is 1.52. The van der Waals surface area contributed by atoms with Gasteiger partial charge in [-0.05, 0) is 30.0 Å². The summed E-state index contributed by atoms with van der Waals surface area (Å²) >= 11 is 6.02. The SMILES string of the molecule is Nc1ccc(COCCC2CC2)c(Cl)c1. The van der Waals surface area contributed by atoms with E-state index in [1.807, 2.05) is 12.1 Å². The van der Waals surface area contributed by atoms with Crippen molar-refractivity contribution in [2.24, 2.45) is 5.92 Å². The van der Waals surface area contributed by atoms with Crippen molar-refractivity contribution in [1.29, 1.82) is 0 Å². The van der Waals surface area contributed by atoms with Crippen LogP contribution in [0.3, 0.4) is 0 Å². The van der Waals surface area contributed by atoms with Gasteiger partial charge in [-0.3, -0.25) is 0 Å². The number of nitrogens with two attached hydrogens (primary N) is 1. The Bertz CT molecular complexity index is 336. The zero-order chi connectivity index (χ0) is 10.7. The highest BCUT2D eigenvalue weighted by Crippen LogP contribution is 2.32. The monoisotopic (exact) mass is 225 g/mol. The molecule has 0 aliphatic heterocycles. The van der Waals surface area contributed by atoms with Gasteiger partial charge < -0.3 is 10.5 Å². The molecule has 1 aromatic carbocycles. The first kappa shape index (κ1) is 10.8. The van der Waals surface area contributed by atoms with Gasteiger partial charge in [0.15, 0.2) is 0 Å². The smallest absolute Gasteiger partial charge is 0.0731 e. The van der Waals surface area contributed by atoms with Gasteiger partial charge in [0.25, 0.3) is 0 Å². The van der Waals surface area contributed by atoms with E-state index >= 15 is 0 Å². The molecule has 1 fully saturated rings. The number of halogens is 1. The van der Waals surface area contributed by atoms with Gasteiger partial charge in [-0.1, -0.05) is 30.5 Å². The number of benzene rings is 1. The maximum Gasteiger partial charge on any atom is 0.0731 e. The van der Waals surface area contributed by atoms with E-state index in [0.717, 1.165) is 18.1 Å². The molecule has 1 saturated carbocycles. The Kier molecular flexibility index (Phi) is 3.49. The Morgan fingerprint density at radius 1 is 1.40 bits per heavy atom. The standard InChI is InChI=1S/C12H16ClNO/c13-12-7-11(14)4-3-10(12)8-15-6-5-9-1-2-9/h3-4,7,9H,1-2,5-6,8,14H2. The summed E-state index contributed by atoms with van der Waals surface area (Å²) in [5, 5.41) is 0.696. The molecule has 2 rings (SSSR count). The highest BCUT2D eigenvalue weighted by molar-refractivity contribution is 6.31. The Labute approximate surface area is 95.4 Å². The second kappa shape index (κ2) is 4.86. The summed E-state index contributed by atoms with van der Waals surface area (Å²) in [7, 11) is 0. The number of rotatable bonds is 5. The maximum absolute atomic E-state index is 6.02. The van der Waals surface area contributed by atoms with Gasteiger partial charge >= 0.3 is 0 Å². The predicted molar refractivity (Wildman–Crippen MR) is 62.9 cm³/mol. The van der Waals surface area contributed by atoms with Crippen LogP contribution in [-0.4, -0.2) is 6.61 Å². The summed E-state index contributed by atoms with van der Waals surface area (Å²) in [6, 6.07) is 5.54. The van der Waals surface area contributed by atoms with E-state index in [4.69, 9.17) is 22.1 Å². The van der Waals surface area contributed by atoms with Crippen molar-refractivity contribution in [2.75, 3.05) is 12.3 Å². The van der Waals surface area contributed by atoms with Crippen LogP contribution in [-0.2, 0) is 11.3 Å². The molecule has 2 N–H and O–H groups in total. The molecule has 0 heterocycles. The van der Waals surface area contributed by atoms with Gasteiger partial charge in [-0.25, -0.2) is 0 Å². The van der Waals surface area contributed by atoms with Crippen LogP contribution in [0.5, 0.6) is 0 Å². The van der Waals surface area contributed by atoms with Gasteiger partial charge in [-0.2, -0.15) is 0 Å². The van der Waals surface area contributed by atoms with Crippen LogP contribution >= 0.6 is 11.6 Å². The van der Waals surface area contributed by atoms with Crippen molar-refractivity contribution < 1.29 is 4.74 Å². The average molecular weight is 226 g/mol. The normalized spacial score (nSPS) is 15.5. The maximum atomic E-state index is 6.02. The van der Waals surface area contributed by atoms with Crippen molar-refractivity contribution >= 4 is 17.3 Å². The van der Waals surface area contributed by atoms with E-state index in [1.165, 1.54) is 19.3 Å². The van der Waals surface area contributed by atoms with Crippen LogP contribution in [0.1, 0.15) is 24.8 Å². The van der Waals surface area contributed by atoms with E-state index < -0.39 is 0 Å². The Morgan fingerprint density at radius 3 is 2.87 bits per heavy atom. The largest absolute Gasteiger partial charge is 0.399 e. The number of ether oxygens (including phenoxy) is 1. The van der Waals surface area contributed by atoms with Gasteiger partial charge in [0.2, 0.25) is 0 Å². The van der Waals surface area contributed by atoms with E-state index in [9.17, 15) is 0 Å². The van der Waals surface area contributed by atoms with Crippen LogP contribution in [0.4, 0.5) is 5.69 Å². The fourth-order valence-corrected chi connectivity index (χ4v) is 1.76. The zero-order valence-electron chi connectivity index (χ0n) is 8.71. The minimum absolute atomic E-state index is 0.589. The second-order valence-electron chi connectivity index (χ2n) is 4.14. The van der Waals surface area contributed by atoms with Crippen LogP contribution in [0.2, 0.25) is 5.02 Å². The molecule has 2 nitrogen and oxygen atoms in total. The van der Waals surface area contributed by atoms with E-state index in [0.29, 0.717) is 17.3 Å².